The van der Waals surface area contributed by atoms with Crippen LogP contribution in [0.3, 0.4) is 0 Å². The van der Waals surface area contributed by atoms with E-state index in [9.17, 15) is 0 Å². The Morgan fingerprint density at radius 1 is 0.357 bits per heavy atom. The van der Waals surface area contributed by atoms with E-state index in [0.29, 0.717) is 0 Å². The van der Waals surface area contributed by atoms with Gasteiger partial charge in [0.05, 0.1) is 0 Å². The van der Waals surface area contributed by atoms with Gasteiger partial charge in [-0.05, 0) is 76.2 Å². The molecule has 0 fully saturated rings. The van der Waals surface area contributed by atoms with Crippen LogP contribution in [0.15, 0.2) is 164 Å². The molecular formula is C40H27NS. The Morgan fingerprint density at radius 3 is 1.74 bits per heavy atom. The van der Waals surface area contributed by atoms with Gasteiger partial charge < -0.3 is 4.90 Å². The average molecular weight is 554 g/mol. The molecule has 0 bridgehead atoms. The van der Waals surface area contributed by atoms with Crippen molar-refractivity contribution in [2.45, 2.75) is 0 Å². The Balaban J connectivity index is 1.23. The first-order chi connectivity index (χ1) is 20.8. The molecule has 42 heavy (non-hydrogen) atoms. The van der Waals surface area contributed by atoms with Gasteiger partial charge in [0.15, 0.2) is 0 Å². The van der Waals surface area contributed by atoms with E-state index in [1.807, 2.05) is 11.3 Å². The molecule has 0 atom stereocenters. The molecule has 1 aromatic heterocycles. The number of hydrogen-bond donors (Lipinski definition) is 0. The third-order valence-corrected chi connectivity index (χ3v) is 9.27. The number of benzene rings is 7. The van der Waals surface area contributed by atoms with E-state index in [0.717, 1.165) is 17.1 Å². The van der Waals surface area contributed by atoms with Crippen molar-refractivity contribution in [2.75, 3.05) is 4.90 Å². The lowest BCUT2D eigenvalue weighted by molar-refractivity contribution is 1.29. The summed E-state index contributed by atoms with van der Waals surface area (Å²) in [6, 6.07) is 59.1. The maximum absolute atomic E-state index is 2.36. The molecule has 0 unspecified atom stereocenters. The SMILES string of the molecule is c1ccc(-c2cccc(-c3ccc(N(c4ccccc4)c4ccc5ccc6c7ccccc7sc6c5c4)cc3)c2)cc1. The molecule has 8 rings (SSSR count). The quantitative estimate of drug-likeness (QED) is 0.205. The smallest absolute Gasteiger partial charge is 0.0468 e. The van der Waals surface area contributed by atoms with Crippen molar-refractivity contribution >= 4 is 59.3 Å². The van der Waals surface area contributed by atoms with E-state index in [4.69, 9.17) is 0 Å². The van der Waals surface area contributed by atoms with Gasteiger partial charge in [-0.3, -0.25) is 0 Å². The third kappa shape index (κ3) is 4.34. The summed E-state index contributed by atoms with van der Waals surface area (Å²) >= 11 is 1.88. The summed E-state index contributed by atoms with van der Waals surface area (Å²) in [6.07, 6.45) is 0. The van der Waals surface area contributed by atoms with E-state index in [2.05, 4.69) is 169 Å². The fourth-order valence-corrected chi connectivity index (χ4v) is 7.19. The third-order valence-electron chi connectivity index (χ3n) is 8.05. The molecule has 2 heteroatoms. The maximum Gasteiger partial charge on any atom is 0.0468 e. The normalized spacial score (nSPS) is 11.3. The van der Waals surface area contributed by atoms with Crippen molar-refractivity contribution in [3.63, 3.8) is 0 Å². The van der Waals surface area contributed by atoms with Gasteiger partial charge in [-0.25, -0.2) is 0 Å². The first-order valence-electron chi connectivity index (χ1n) is 14.3. The summed E-state index contributed by atoms with van der Waals surface area (Å²) in [4.78, 5) is 2.36. The molecule has 0 amide bonds. The van der Waals surface area contributed by atoms with Crippen LogP contribution < -0.4 is 4.90 Å². The Labute approximate surface area is 249 Å². The van der Waals surface area contributed by atoms with E-state index >= 15 is 0 Å². The number of para-hydroxylation sites is 1. The topological polar surface area (TPSA) is 3.24 Å². The van der Waals surface area contributed by atoms with Gasteiger partial charge in [0.25, 0.3) is 0 Å². The first-order valence-corrected chi connectivity index (χ1v) is 15.1. The second kappa shape index (κ2) is 10.3. The highest BCUT2D eigenvalue weighted by atomic mass is 32.1. The molecule has 0 aliphatic heterocycles. The van der Waals surface area contributed by atoms with Crippen molar-refractivity contribution in [2.24, 2.45) is 0 Å². The van der Waals surface area contributed by atoms with Gasteiger partial charge >= 0.3 is 0 Å². The van der Waals surface area contributed by atoms with Gasteiger partial charge in [-0.15, -0.1) is 11.3 Å². The number of fused-ring (bicyclic) bond motifs is 5. The molecular weight excluding hydrogens is 527 g/mol. The molecule has 0 aliphatic carbocycles. The van der Waals surface area contributed by atoms with Crippen LogP contribution in [0.1, 0.15) is 0 Å². The summed E-state index contributed by atoms with van der Waals surface area (Å²) in [6.45, 7) is 0. The number of anilines is 3. The zero-order valence-corrected chi connectivity index (χ0v) is 23.8. The molecule has 0 radical (unpaired) electrons. The summed E-state index contributed by atoms with van der Waals surface area (Å²) in [7, 11) is 0. The minimum atomic E-state index is 1.13. The number of nitrogens with zero attached hydrogens (tertiary/aromatic N) is 1. The summed E-state index contributed by atoms with van der Waals surface area (Å²) in [5.41, 5.74) is 8.30. The Morgan fingerprint density at radius 2 is 0.952 bits per heavy atom. The van der Waals surface area contributed by atoms with Gasteiger partial charge in [0, 0.05) is 42.6 Å². The van der Waals surface area contributed by atoms with Gasteiger partial charge in [0.2, 0.25) is 0 Å². The van der Waals surface area contributed by atoms with E-state index in [1.165, 1.54) is 53.2 Å². The van der Waals surface area contributed by atoms with Crippen LogP contribution in [-0.2, 0) is 0 Å². The number of hydrogen-bond acceptors (Lipinski definition) is 2. The monoisotopic (exact) mass is 553 g/mol. The molecule has 7 aromatic carbocycles. The van der Waals surface area contributed by atoms with Crippen molar-refractivity contribution in [1.82, 2.24) is 0 Å². The average Bonchev–Trinajstić information content (AvgIpc) is 3.46. The summed E-state index contributed by atoms with van der Waals surface area (Å²) in [5, 5.41) is 5.21. The van der Waals surface area contributed by atoms with Crippen LogP contribution in [0.25, 0.3) is 53.2 Å². The Hall–Kier alpha value is -5.18. The first kappa shape index (κ1) is 24.6. The summed E-state index contributed by atoms with van der Waals surface area (Å²) in [5.74, 6) is 0. The zero-order chi connectivity index (χ0) is 27.9. The Bertz CT molecular complexity index is 2180. The van der Waals surface area contributed by atoms with Crippen LogP contribution in [0.2, 0.25) is 0 Å². The molecule has 0 spiro atoms. The molecule has 0 N–H and O–H groups in total. The predicted octanol–water partition coefficient (Wildman–Crippen LogP) is 12.0. The minimum Gasteiger partial charge on any atom is -0.310 e. The number of rotatable bonds is 5. The van der Waals surface area contributed by atoms with Gasteiger partial charge in [-0.1, -0.05) is 115 Å². The molecule has 0 saturated carbocycles. The largest absolute Gasteiger partial charge is 0.310 e. The fraction of sp³-hybridized carbons (Fsp3) is 0. The molecule has 1 heterocycles. The molecule has 0 saturated heterocycles. The zero-order valence-electron chi connectivity index (χ0n) is 22.9. The van der Waals surface area contributed by atoms with Crippen molar-refractivity contribution in [3.05, 3.63) is 164 Å². The second-order valence-electron chi connectivity index (χ2n) is 10.6. The van der Waals surface area contributed by atoms with Crippen LogP contribution in [0, 0.1) is 0 Å². The molecule has 1 nitrogen and oxygen atoms in total. The highest BCUT2D eigenvalue weighted by Crippen LogP contribution is 2.42. The molecule has 198 valence electrons. The van der Waals surface area contributed by atoms with Crippen molar-refractivity contribution < 1.29 is 0 Å². The van der Waals surface area contributed by atoms with E-state index in [-0.39, 0.29) is 0 Å². The van der Waals surface area contributed by atoms with Gasteiger partial charge in [0.1, 0.15) is 0 Å². The lowest BCUT2D eigenvalue weighted by Gasteiger charge is -2.26. The fourth-order valence-electron chi connectivity index (χ4n) is 5.97. The summed E-state index contributed by atoms with van der Waals surface area (Å²) < 4.78 is 2.68. The Kier molecular flexibility index (Phi) is 6.05. The molecule has 0 aliphatic rings. The van der Waals surface area contributed by atoms with Crippen LogP contribution in [0.5, 0.6) is 0 Å². The van der Waals surface area contributed by atoms with Crippen LogP contribution in [0.4, 0.5) is 17.1 Å². The van der Waals surface area contributed by atoms with Crippen LogP contribution >= 0.6 is 11.3 Å². The second-order valence-corrected chi connectivity index (χ2v) is 11.7. The number of thiophene rings is 1. The molecule has 8 aromatic rings. The maximum atomic E-state index is 2.36. The van der Waals surface area contributed by atoms with Crippen molar-refractivity contribution in [3.8, 4) is 22.3 Å². The lowest BCUT2D eigenvalue weighted by Crippen LogP contribution is -2.09. The highest BCUT2D eigenvalue weighted by molar-refractivity contribution is 7.26. The standard InChI is InChI=1S/C40H27NS/c1-3-10-28(11-4-1)31-12-9-13-32(26-31)29-18-22-34(23-19-29)41(33-14-5-2-6-15-33)35-24-20-30-21-25-37-36-16-7-8-17-39(36)42-40(37)38(30)27-35/h1-27H. The van der Waals surface area contributed by atoms with Crippen molar-refractivity contribution in [1.29, 1.82) is 0 Å². The predicted molar refractivity (Wildman–Crippen MR) is 182 cm³/mol. The minimum absolute atomic E-state index is 1.13. The highest BCUT2D eigenvalue weighted by Gasteiger charge is 2.15. The van der Waals surface area contributed by atoms with Crippen LogP contribution in [-0.4, -0.2) is 0 Å². The van der Waals surface area contributed by atoms with E-state index in [1.54, 1.807) is 0 Å². The lowest BCUT2D eigenvalue weighted by atomic mass is 9.99. The van der Waals surface area contributed by atoms with Gasteiger partial charge in [-0.2, -0.15) is 0 Å². The van der Waals surface area contributed by atoms with E-state index < -0.39 is 0 Å².